The third-order valence-electron chi connectivity index (χ3n) is 2.67. The Morgan fingerprint density at radius 3 is 2.65 bits per heavy atom. The minimum absolute atomic E-state index is 0.138. The number of amides is 1. The van der Waals surface area contributed by atoms with Gasteiger partial charge >= 0.3 is 12.1 Å². The second kappa shape index (κ2) is 8.57. The molecule has 1 aromatic heterocycles. The quantitative estimate of drug-likeness (QED) is 0.631. The first-order valence-electron chi connectivity index (χ1n) is 7.08. The van der Waals surface area contributed by atoms with Crippen LogP contribution in [-0.4, -0.2) is 47.2 Å². The van der Waals surface area contributed by atoms with Gasteiger partial charge in [0.15, 0.2) is 6.07 Å². The van der Waals surface area contributed by atoms with Gasteiger partial charge in [-0.05, 0) is 26.8 Å². The van der Waals surface area contributed by atoms with Gasteiger partial charge in [0.1, 0.15) is 18.0 Å². The van der Waals surface area contributed by atoms with Crippen LogP contribution in [0.5, 0.6) is 0 Å². The summed E-state index contributed by atoms with van der Waals surface area (Å²) in [6.07, 6.45) is 0.932. The molecule has 1 heterocycles. The first-order chi connectivity index (χ1) is 10.8. The number of carbonyl (C=O) groups is 2. The lowest BCUT2D eigenvalue weighted by molar-refractivity contribution is -0.155. The van der Waals surface area contributed by atoms with Crippen molar-refractivity contribution in [1.29, 1.82) is 0 Å². The second-order valence-electron chi connectivity index (χ2n) is 5.72. The maximum absolute atomic E-state index is 12.0. The molecule has 0 saturated carbocycles. The molecule has 0 atom stereocenters. The van der Waals surface area contributed by atoms with Gasteiger partial charge in [-0.15, -0.1) is 0 Å². The van der Waals surface area contributed by atoms with Crippen LogP contribution >= 0.6 is 11.6 Å². The summed E-state index contributed by atoms with van der Waals surface area (Å²) in [5, 5.41) is 2.93. The topological polar surface area (TPSA) is 80.8 Å². The van der Waals surface area contributed by atoms with E-state index in [1.165, 1.54) is 4.90 Å². The van der Waals surface area contributed by atoms with Crippen LogP contribution in [-0.2, 0) is 20.8 Å². The van der Waals surface area contributed by atoms with Crippen molar-refractivity contribution in [2.45, 2.75) is 32.9 Å². The highest BCUT2D eigenvalue weighted by Gasteiger charge is 2.24. The second-order valence-corrected chi connectivity index (χ2v) is 5.94. The zero-order chi connectivity index (χ0) is 17.5. The van der Waals surface area contributed by atoms with Gasteiger partial charge in [-0.1, -0.05) is 17.7 Å². The van der Waals surface area contributed by atoms with Crippen LogP contribution in [0.3, 0.4) is 0 Å². The van der Waals surface area contributed by atoms with E-state index in [2.05, 4.69) is 10.3 Å². The van der Waals surface area contributed by atoms with Gasteiger partial charge in [-0.3, -0.25) is 9.69 Å². The Balaban J connectivity index is 2.88. The van der Waals surface area contributed by atoms with E-state index in [4.69, 9.17) is 21.1 Å². The highest BCUT2D eigenvalue weighted by Crippen LogP contribution is 2.15. The number of carbonyl (C=O) groups excluding carboxylic acids is 2. The molecule has 128 valence electrons. The molecule has 1 rings (SSSR count). The number of anilines is 1. The molecule has 1 aromatic rings. The van der Waals surface area contributed by atoms with Gasteiger partial charge in [0.05, 0.1) is 6.54 Å². The zero-order valence-corrected chi connectivity index (χ0v) is 14.5. The predicted octanol–water partition coefficient (Wildman–Crippen LogP) is 2.60. The average molecular weight is 344 g/mol. The molecule has 23 heavy (non-hydrogen) atoms. The SMILES string of the molecule is CNc1ncccc1CN(CC(=O)OC(C)(C)C)C(=O)OCCl. The van der Waals surface area contributed by atoms with Crippen molar-refractivity contribution in [3.63, 3.8) is 0 Å². The number of nitrogens with one attached hydrogen (secondary N) is 1. The summed E-state index contributed by atoms with van der Waals surface area (Å²) < 4.78 is 10.0. The lowest BCUT2D eigenvalue weighted by Gasteiger charge is -2.25. The van der Waals surface area contributed by atoms with Crippen LogP contribution in [0.25, 0.3) is 0 Å². The highest BCUT2D eigenvalue weighted by molar-refractivity contribution is 6.17. The number of hydrogen-bond acceptors (Lipinski definition) is 6. The van der Waals surface area contributed by atoms with E-state index in [0.717, 1.165) is 5.56 Å². The Bertz CT molecular complexity index is 546. The van der Waals surface area contributed by atoms with Crippen molar-refractivity contribution < 1.29 is 19.1 Å². The van der Waals surface area contributed by atoms with Gasteiger partial charge in [0.25, 0.3) is 0 Å². The van der Waals surface area contributed by atoms with Gasteiger partial charge < -0.3 is 14.8 Å². The van der Waals surface area contributed by atoms with E-state index in [0.29, 0.717) is 5.82 Å². The molecule has 0 aliphatic carbocycles. The zero-order valence-electron chi connectivity index (χ0n) is 13.8. The number of aromatic nitrogens is 1. The van der Waals surface area contributed by atoms with Crippen molar-refractivity contribution >= 4 is 29.5 Å². The predicted molar refractivity (Wildman–Crippen MR) is 87.2 cm³/mol. The number of nitrogens with zero attached hydrogens (tertiary/aromatic N) is 2. The molecule has 0 aliphatic rings. The van der Waals surface area contributed by atoms with Gasteiger partial charge in [0.2, 0.25) is 0 Å². The minimum Gasteiger partial charge on any atom is -0.459 e. The van der Waals surface area contributed by atoms with Crippen LogP contribution < -0.4 is 5.32 Å². The van der Waals surface area contributed by atoms with E-state index < -0.39 is 17.7 Å². The maximum atomic E-state index is 12.0. The summed E-state index contributed by atoms with van der Waals surface area (Å²) in [5.41, 5.74) is 0.105. The molecule has 0 radical (unpaired) electrons. The average Bonchev–Trinajstić information content (AvgIpc) is 2.45. The summed E-state index contributed by atoms with van der Waals surface area (Å²) in [7, 11) is 1.72. The minimum atomic E-state index is -0.697. The molecule has 7 nitrogen and oxygen atoms in total. The van der Waals surface area contributed by atoms with Crippen molar-refractivity contribution in [3.8, 4) is 0 Å². The smallest absolute Gasteiger partial charge is 0.411 e. The molecule has 0 unspecified atom stereocenters. The lowest BCUT2D eigenvalue weighted by Crippen LogP contribution is -2.38. The molecule has 0 aromatic carbocycles. The van der Waals surface area contributed by atoms with Crippen molar-refractivity contribution in [2.75, 3.05) is 25.0 Å². The first kappa shape index (κ1) is 19.0. The Hall–Kier alpha value is -2.02. The molecule has 1 N–H and O–H groups in total. The van der Waals surface area contributed by atoms with E-state index in [1.807, 2.05) is 0 Å². The number of ether oxygens (including phenoxy) is 2. The van der Waals surface area contributed by atoms with E-state index in [1.54, 1.807) is 46.1 Å². The van der Waals surface area contributed by atoms with Crippen LogP contribution in [0.4, 0.5) is 10.6 Å². The lowest BCUT2D eigenvalue weighted by atomic mass is 10.2. The van der Waals surface area contributed by atoms with Crippen molar-refractivity contribution in [1.82, 2.24) is 9.88 Å². The van der Waals surface area contributed by atoms with E-state index >= 15 is 0 Å². The van der Waals surface area contributed by atoms with Crippen LogP contribution in [0, 0.1) is 0 Å². The Morgan fingerprint density at radius 2 is 2.09 bits per heavy atom. The first-order valence-corrected chi connectivity index (χ1v) is 7.61. The van der Waals surface area contributed by atoms with E-state index in [9.17, 15) is 9.59 Å². The van der Waals surface area contributed by atoms with Gasteiger partial charge in [-0.25, -0.2) is 9.78 Å². The standard InChI is InChI=1S/C15H22ClN3O4/c1-15(2,3)23-12(20)9-19(14(21)22-10-16)8-11-6-5-7-18-13(11)17-4/h5-7H,8-10H2,1-4H3,(H,17,18). The van der Waals surface area contributed by atoms with Crippen LogP contribution in [0.15, 0.2) is 18.3 Å². The fourth-order valence-corrected chi connectivity index (χ4v) is 1.94. The Labute approximate surface area is 140 Å². The largest absolute Gasteiger partial charge is 0.459 e. The molecule has 1 amide bonds. The number of pyridine rings is 1. The number of rotatable bonds is 6. The number of halogens is 1. The molecular formula is C15H22ClN3O4. The van der Waals surface area contributed by atoms with E-state index in [-0.39, 0.29) is 19.2 Å². The maximum Gasteiger partial charge on any atom is 0.411 e. The number of esters is 1. The normalized spacial score (nSPS) is 10.8. The van der Waals surface area contributed by atoms with Gasteiger partial charge in [-0.2, -0.15) is 0 Å². The third-order valence-corrected chi connectivity index (χ3v) is 2.77. The van der Waals surface area contributed by atoms with Gasteiger partial charge in [0, 0.05) is 18.8 Å². The van der Waals surface area contributed by atoms with Crippen molar-refractivity contribution in [2.24, 2.45) is 0 Å². The fourth-order valence-electron chi connectivity index (χ4n) is 1.85. The molecule has 0 bridgehead atoms. The monoisotopic (exact) mass is 343 g/mol. The third kappa shape index (κ3) is 6.73. The molecule has 0 fully saturated rings. The summed E-state index contributed by atoms with van der Waals surface area (Å²) in [6, 6.07) is 3.25. The Morgan fingerprint density at radius 1 is 1.39 bits per heavy atom. The highest BCUT2D eigenvalue weighted by atomic mass is 35.5. The molecule has 0 spiro atoms. The van der Waals surface area contributed by atoms with Crippen LogP contribution in [0.1, 0.15) is 26.3 Å². The van der Waals surface area contributed by atoms with Crippen LogP contribution in [0.2, 0.25) is 0 Å². The summed E-state index contributed by atoms with van der Waals surface area (Å²) in [4.78, 5) is 29.4. The molecule has 8 heteroatoms. The summed E-state index contributed by atoms with van der Waals surface area (Å²) >= 11 is 5.43. The summed E-state index contributed by atoms with van der Waals surface area (Å²) in [5.74, 6) is 0.0827. The number of alkyl halides is 1. The van der Waals surface area contributed by atoms with Crippen molar-refractivity contribution in [3.05, 3.63) is 23.9 Å². The Kier molecular flexibility index (Phi) is 7.09. The summed E-state index contributed by atoms with van der Waals surface area (Å²) in [6.45, 7) is 5.16. The number of hydrogen-bond donors (Lipinski definition) is 1. The molecular weight excluding hydrogens is 322 g/mol. The fraction of sp³-hybridized carbons (Fsp3) is 0.533. The molecule has 0 aliphatic heterocycles. The molecule has 0 saturated heterocycles.